The lowest BCUT2D eigenvalue weighted by atomic mass is 10.1. The highest BCUT2D eigenvalue weighted by molar-refractivity contribution is 5.91. The lowest BCUT2D eigenvalue weighted by molar-refractivity contribution is -0.130. The second-order valence-corrected chi connectivity index (χ2v) is 6.74. The standard InChI is InChI=1S/C21H27N5O4/c1-14(20(28)24-12-19(27)26-23)25-21(29)18(22)11-15-7-9-17(10-8-15)30-13-16-5-3-2-4-6-16/h2-10,14,18H,11-13,22-23H2,1H3,(H,24,28)(H,25,29)(H,26,27)/t14-,18+/m0/s1. The van der Waals surface area contributed by atoms with Crippen LogP contribution >= 0.6 is 0 Å². The van der Waals surface area contributed by atoms with E-state index in [9.17, 15) is 14.4 Å². The Morgan fingerprint density at radius 3 is 2.27 bits per heavy atom. The summed E-state index contributed by atoms with van der Waals surface area (Å²) in [5.74, 6) is 4.12. The van der Waals surface area contributed by atoms with Gasteiger partial charge < -0.3 is 21.1 Å². The molecule has 0 aliphatic carbocycles. The molecule has 0 spiro atoms. The highest BCUT2D eigenvalue weighted by atomic mass is 16.5. The first kappa shape index (κ1) is 22.9. The van der Waals surface area contributed by atoms with Gasteiger partial charge in [0.2, 0.25) is 11.8 Å². The minimum absolute atomic E-state index is 0.277. The Bertz CT molecular complexity index is 842. The van der Waals surface area contributed by atoms with Crippen molar-refractivity contribution >= 4 is 17.7 Å². The van der Waals surface area contributed by atoms with E-state index in [2.05, 4.69) is 10.6 Å². The summed E-state index contributed by atoms with van der Waals surface area (Å²) in [4.78, 5) is 35.2. The highest BCUT2D eigenvalue weighted by Gasteiger charge is 2.20. The Morgan fingerprint density at radius 1 is 0.967 bits per heavy atom. The summed E-state index contributed by atoms with van der Waals surface area (Å²) >= 11 is 0. The normalized spacial score (nSPS) is 12.4. The van der Waals surface area contributed by atoms with Gasteiger partial charge >= 0.3 is 0 Å². The van der Waals surface area contributed by atoms with Crippen molar-refractivity contribution in [2.75, 3.05) is 6.54 Å². The summed E-state index contributed by atoms with van der Waals surface area (Å²) in [5.41, 5.74) is 9.79. The number of nitrogens with one attached hydrogen (secondary N) is 3. The Kier molecular flexibility index (Phi) is 8.79. The second kappa shape index (κ2) is 11.5. The quantitative estimate of drug-likeness (QED) is 0.206. The largest absolute Gasteiger partial charge is 0.489 e. The van der Waals surface area contributed by atoms with Crippen LogP contribution in [0.5, 0.6) is 5.75 Å². The maximum atomic E-state index is 12.2. The third-order valence-corrected chi connectivity index (χ3v) is 4.30. The molecule has 0 aromatic heterocycles. The van der Waals surface area contributed by atoms with Crippen LogP contribution in [0.4, 0.5) is 0 Å². The van der Waals surface area contributed by atoms with E-state index in [0.717, 1.165) is 11.1 Å². The molecule has 0 aliphatic rings. The molecule has 2 rings (SSSR count). The van der Waals surface area contributed by atoms with Crippen LogP contribution in [0.1, 0.15) is 18.1 Å². The fourth-order valence-electron chi connectivity index (χ4n) is 2.57. The van der Waals surface area contributed by atoms with Gasteiger partial charge in [-0.05, 0) is 36.6 Å². The minimum atomic E-state index is -0.845. The number of amides is 3. The van der Waals surface area contributed by atoms with E-state index < -0.39 is 29.8 Å². The third-order valence-electron chi connectivity index (χ3n) is 4.30. The number of hydrazine groups is 1. The van der Waals surface area contributed by atoms with E-state index in [1.165, 1.54) is 6.92 Å². The predicted molar refractivity (Wildman–Crippen MR) is 112 cm³/mol. The molecule has 2 atom stereocenters. The molecule has 7 N–H and O–H groups in total. The van der Waals surface area contributed by atoms with Crippen LogP contribution in [-0.4, -0.2) is 36.3 Å². The number of carbonyl (C=O) groups excluding carboxylic acids is 3. The van der Waals surface area contributed by atoms with Gasteiger partial charge in [-0.2, -0.15) is 0 Å². The van der Waals surface area contributed by atoms with Crippen LogP contribution in [0.3, 0.4) is 0 Å². The summed E-state index contributed by atoms with van der Waals surface area (Å²) in [6.45, 7) is 1.69. The van der Waals surface area contributed by atoms with Gasteiger partial charge in [-0.3, -0.25) is 19.8 Å². The lowest BCUT2D eigenvalue weighted by Crippen LogP contribution is -2.52. The zero-order chi connectivity index (χ0) is 21.9. The van der Waals surface area contributed by atoms with Crippen LogP contribution < -0.4 is 32.4 Å². The smallest absolute Gasteiger partial charge is 0.253 e. The molecule has 3 amide bonds. The average molecular weight is 413 g/mol. The molecule has 160 valence electrons. The first-order valence-corrected chi connectivity index (χ1v) is 9.48. The fraction of sp³-hybridized carbons (Fsp3) is 0.286. The van der Waals surface area contributed by atoms with Gasteiger partial charge in [0.1, 0.15) is 18.4 Å². The molecule has 2 aromatic rings. The summed E-state index contributed by atoms with van der Waals surface area (Å²) < 4.78 is 5.74. The average Bonchev–Trinajstić information content (AvgIpc) is 2.77. The molecule has 0 fully saturated rings. The molecule has 2 aromatic carbocycles. The lowest BCUT2D eigenvalue weighted by Gasteiger charge is -2.17. The van der Waals surface area contributed by atoms with E-state index in [4.69, 9.17) is 16.3 Å². The van der Waals surface area contributed by atoms with Gasteiger partial charge in [0.15, 0.2) is 0 Å². The zero-order valence-electron chi connectivity index (χ0n) is 16.8. The van der Waals surface area contributed by atoms with Gasteiger partial charge in [0.25, 0.3) is 5.91 Å². The van der Waals surface area contributed by atoms with Crippen molar-refractivity contribution in [1.82, 2.24) is 16.1 Å². The van der Waals surface area contributed by atoms with Crippen LogP contribution in [0, 0.1) is 0 Å². The topological polar surface area (TPSA) is 149 Å². The van der Waals surface area contributed by atoms with E-state index >= 15 is 0 Å². The number of ether oxygens (including phenoxy) is 1. The first-order chi connectivity index (χ1) is 14.4. The van der Waals surface area contributed by atoms with E-state index in [1.807, 2.05) is 60.0 Å². The maximum Gasteiger partial charge on any atom is 0.253 e. The molecule has 30 heavy (non-hydrogen) atoms. The van der Waals surface area contributed by atoms with Crippen LogP contribution in [0.15, 0.2) is 54.6 Å². The fourth-order valence-corrected chi connectivity index (χ4v) is 2.57. The Labute approximate surface area is 175 Å². The molecule has 9 heteroatoms. The summed E-state index contributed by atoms with van der Waals surface area (Å²) in [5, 5.41) is 4.88. The highest BCUT2D eigenvalue weighted by Crippen LogP contribution is 2.15. The summed E-state index contributed by atoms with van der Waals surface area (Å²) in [7, 11) is 0. The second-order valence-electron chi connectivity index (χ2n) is 6.74. The maximum absolute atomic E-state index is 12.2. The Hall–Kier alpha value is -3.43. The van der Waals surface area contributed by atoms with Crippen molar-refractivity contribution in [1.29, 1.82) is 0 Å². The Morgan fingerprint density at radius 2 is 1.63 bits per heavy atom. The number of rotatable bonds is 10. The zero-order valence-corrected chi connectivity index (χ0v) is 16.8. The van der Waals surface area contributed by atoms with Crippen molar-refractivity contribution in [3.63, 3.8) is 0 Å². The van der Waals surface area contributed by atoms with Crippen molar-refractivity contribution in [3.8, 4) is 5.75 Å². The molecule has 0 aliphatic heterocycles. The van der Waals surface area contributed by atoms with Crippen molar-refractivity contribution in [2.24, 2.45) is 11.6 Å². The summed E-state index contributed by atoms with van der Waals surface area (Å²) in [6, 6.07) is 15.5. The van der Waals surface area contributed by atoms with E-state index in [-0.39, 0.29) is 6.54 Å². The minimum Gasteiger partial charge on any atom is -0.489 e. The van der Waals surface area contributed by atoms with E-state index in [1.54, 1.807) is 0 Å². The number of nitrogens with two attached hydrogens (primary N) is 2. The molecule has 9 nitrogen and oxygen atoms in total. The molecule has 0 unspecified atom stereocenters. The van der Waals surface area contributed by atoms with Gasteiger partial charge in [-0.25, -0.2) is 5.84 Å². The Balaban J connectivity index is 1.78. The van der Waals surface area contributed by atoms with Crippen LogP contribution in [-0.2, 0) is 27.4 Å². The number of carbonyl (C=O) groups is 3. The van der Waals surface area contributed by atoms with Crippen molar-refractivity contribution in [3.05, 3.63) is 65.7 Å². The van der Waals surface area contributed by atoms with Gasteiger partial charge in [-0.15, -0.1) is 0 Å². The summed E-state index contributed by atoms with van der Waals surface area (Å²) in [6.07, 6.45) is 0.300. The van der Waals surface area contributed by atoms with Gasteiger partial charge in [0, 0.05) is 0 Å². The predicted octanol–water partition coefficient (Wildman–Crippen LogP) is -0.254. The number of hydrogen-bond acceptors (Lipinski definition) is 6. The van der Waals surface area contributed by atoms with Gasteiger partial charge in [0.05, 0.1) is 12.6 Å². The van der Waals surface area contributed by atoms with Crippen molar-refractivity contribution in [2.45, 2.75) is 32.0 Å². The van der Waals surface area contributed by atoms with Crippen LogP contribution in [0.2, 0.25) is 0 Å². The molecule has 0 heterocycles. The molecule has 0 saturated carbocycles. The van der Waals surface area contributed by atoms with E-state index in [0.29, 0.717) is 18.8 Å². The SMILES string of the molecule is C[C@H](NC(=O)[C@H](N)Cc1ccc(OCc2ccccc2)cc1)C(=O)NCC(=O)NN. The number of hydrogen-bond donors (Lipinski definition) is 5. The third kappa shape index (κ3) is 7.53. The van der Waals surface area contributed by atoms with Crippen LogP contribution in [0.25, 0.3) is 0 Å². The monoisotopic (exact) mass is 413 g/mol. The first-order valence-electron chi connectivity index (χ1n) is 9.48. The molecular weight excluding hydrogens is 386 g/mol. The molecule has 0 radical (unpaired) electrons. The number of benzene rings is 2. The molecule has 0 saturated heterocycles. The van der Waals surface area contributed by atoms with Gasteiger partial charge in [-0.1, -0.05) is 42.5 Å². The van der Waals surface area contributed by atoms with Crippen molar-refractivity contribution < 1.29 is 19.1 Å². The molecular formula is C21H27N5O4. The molecule has 0 bridgehead atoms.